The lowest BCUT2D eigenvalue weighted by Gasteiger charge is -2.42. The summed E-state index contributed by atoms with van der Waals surface area (Å²) in [7, 11) is 0. The van der Waals surface area contributed by atoms with Crippen LogP contribution in [0.2, 0.25) is 0 Å². The van der Waals surface area contributed by atoms with E-state index in [2.05, 4.69) is 34.4 Å². The van der Waals surface area contributed by atoms with E-state index >= 15 is 0 Å². The highest BCUT2D eigenvalue weighted by Crippen LogP contribution is 2.32. The lowest BCUT2D eigenvalue weighted by molar-refractivity contribution is 0.0767. The van der Waals surface area contributed by atoms with Crippen molar-refractivity contribution in [1.29, 1.82) is 5.26 Å². The number of rotatable bonds is 1. The fraction of sp³-hybridized carbons (Fsp3) is 0.833. The van der Waals surface area contributed by atoms with Crippen LogP contribution in [0.5, 0.6) is 0 Å². The zero-order valence-electron chi connectivity index (χ0n) is 10.6. The van der Waals surface area contributed by atoms with Crippen LogP contribution in [-0.2, 0) is 0 Å². The molecule has 0 saturated heterocycles. The van der Waals surface area contributed by atoms with Gasteiger partial charge in [-0.25, -0.2) is 4.99 Å². The van der Waals surface area contributed by atoms with Gasteiger partial charge in [-0.1, -0.05) is 26.7 Å². The molecule has 1 saturated carbocycles. The average Bonchev–Trinajstić information content (AvgIpc) is 2.34. The normalized spacial score (nSPS) is 34.4. The van der Waals surface area contributed by atoms with E-state index in [1.165, 1.54) is 19.3 Å². The van der Waals surface area contributed by atoms with E-state index in [0.717, 1.165) is 18.5 Å². The molecule has 1 fully saturated rings. The molecule has 1 aliphatic carbocycles. The number of guanidine groups is 1. The second kappa shape index (κ2) is 5.37. The van der Waals surface area contributed by atoms with Crippen LogP contribution in [0.1, 0.15) is 33.1 Å². The molecular weight excluding hydrogens is 214 g/mol. The van der Waals surface area contributed by atoms with Crippen LogP contribution >= 0.6 is 0 Å². The highest BCUT2D eigenvalue weighted by molar-refractivity contribution is 5.81. The van der Waals surface area contributed by atoms with Gasteiger partial charge in [-0.05, 0) is 18.3 Å². The van der Waals surface area contributed by atoms with Crippen molar-refractivity contribution < 1.29 is 0 Å². The molecule has 1 aliphatic heterocycles. The van der Waals surface area contributed by atoms with Crippen molar-refractivity contribution in [3.63, 3.8) is 0 Å². The standard InChI is InChI=1S/C12H21N5/c1-9-4-3-5-11(10(9)2)17-7-15-12(14-6-13)16-8-17/h9-11H,3-5,7-8H2,1-2H3,(H2,14,15,16). The Morgan fingerprint density at radius 1 is 1.47 bits per heavy atom. The molecule has 0 aromatic rings. The summed E-state index contributed by atoms with van der Waals surface area (Å²) in [4.78, 5) is 6.71. The Morgan fingerprint density at radius 2 is 2.29 bits per heavy atom. The van der Waals surface area contributed by atoms with E-state index < -0.39 is 0 Å². The Kier molecular flexibility index (Phi) is 3.85. The maximum Gasteiger partial charge on any atom is 0.207 e. The molecule has 0 radical (unpaired) electrons. The monoisotopic (exact) mass is 235 g/mol. The van der Waals surface area contributed by atoms with Crippen molar-refractivity contribution in [3.05, 3.63) is 0 Å². The van der Waals surface area contributed by atoms with Gasteiger partial charge in [-0.2, -0.15) is 5.26 Å². The van der Waals surface area contributed by atoms with E-state index in [1.807, 2.05) is 6.19 Å². The van der Waals surface area contributed by atoms with Crippen molar-refractivity contribution in [2.45, 2.75) is 39.2 Å². The maximum absolute atomic E-state index is 8.51. The minimum atomic E-state index is 0.597. The molecule has 2 aliphatic rings. The maximum atomic E-state index is 8.51. The molecule has 3 atom stereocenters. The van der Waals surface area contributed by atoms with Gasteiger partial charge in [0.2, 0.25) is 5.96 Å². The second-order valence-electron chi connectivity index (χ2n) is 5.14. The van der Waals surface area contributed by atoms with Gasteiger partial charge < -0.3 is 5.32 Å². The number of nitriles is 1. The molecule has 5 heteroatoms. The summed E-state index contributed by atoms with van der Waals surface area (Å²) in [6.07, 6.45) is 5.82. The van der Waals surface area contributed by atoms with Crippen molar-refractivity contribution >= 4 is 5.96 Å². The molecule has 1 heterocycles. The van der Waals surface area contributed by atoms with E-state index in [-0.39, 0.29) is 0 Å². The summed E-state index contributed by atoms with van der Waals surface area (Å²) in [5.74, 6) is 2.13. The first-order valence-corrected chi connectivity index (χ1v) is 6.40. The smallest absolute Gasteiger partial charge is 0.207 e. The minimum Gasteiger partial charge on any atom is -0.343 e. The van der Waals surface area contributed by atoms with Gasteiger partial charge in [0.25, 0.3) is 0 Å². The van der Waals surface area contributed by atoms with Gasteiger partial charge >= 0.3 is 0 Å². The highest BCUT2D eigenvalue weighted by atomic mass is 15.4. The van der Waals surface area contributed by atoms with Crippen molar-refractivity contribution in [1.82, 2.24) is 15.5 Å². The largest absolute Gasteiger partial charge is 0.343 e. The molecule has 0 aromatic carbocycles. The van der Waals surface area contributed by atoms with E-state index in [0.29, 0.717) is 18.7 Å². The van der Waals surface area contributed by atoms with Crippen molar-refractivity contribution in [3.8, 4) is 6.19 Å². The predicted molar refractivity (Wildman–Crippen MR) is 66.9 cm³/mol. The van der Waals surface area contributed by atoms with Gasteiger partial charge in [0.05, 0.1) is 13.3 Å². The zero-order valence-corrected chi connectivity index (χ0v) is 10.6. The second-order valence-corrected chi connectivity index (χ2v) is 5.14. The summed E-state index contributed by atoms with van der Waals surface area (Å²) in [6, 6.07) is 0.624. The number of hydrogen-bond acceptors (Lipinski definition) is 5. The quantitative estimate of drug-likeness (QED) is 0.527. The topological polar surface area (TPSA) is 63.5 Å². The molecule has 2 N–H and O–H groups in total. The summed E-state index contributed by atoms with van der Waals surface area (Å²) in [5, 5.41) is 14.2. The molecule has 0 bridgehead atoms. The first-order chi connectivity index (χ1) is 8.22. The Labute approximate surface area is 103 Å². The van der Waals surface area contributed by atoms with Crippen molar-refractivity contribution in [2.24, 2.45) is 16.8 Å². The molecule has 0 spiro atoms. The molecule has 0 amide bonds. The van der Waals surface area contributed by atoms with Gasteiger partial charge in [0.1, 0.15) is 0 Å². The van der Waals surface area contributed by atoms with Crippen molar-refractivity contribution in [2.75, 3.05) is 13.3 Å². The fourth-order valence-electron chi connectivity index (χ4n) is 2.87. The highest BCUT2D eigenvalue weighted by Gasteiger charge is 2.32. The summed E-state index contributed by atoms with van der Waals surface area (Å²) < 4.78 is 0. The fourth-order valence-corrected chi connectivity index (χ4v) is 2.87. The van der Waals surface area contributed by atoms with Crippen LogP contribution < -0.4 is 10.6 Å². The summed E-state index contributed by atoms with van der Waals surface area (Å²) in [6.45, 7) is 6.18. The molecule has 3 unspecified atom stereocenters. The van der Waals surface area contributed by atoms with Gasteiger partial charge in [0, 0.05) is 6.04 Å². The van der Waals surface area contributed by atoms with E-state index in [1.54, 1.807) is 0 Å². The van der Waals surface area contributed by atoms with Crippen LogP contribution in [0, 0.1) is 23.3 Å². The molecule has 94 valence electrons. The zero-order chi connectivity index (χ0) is 12.3. The van der Waals surface area contributed by atoms with Crippen LogP contribution in [0.3, 0.4) is 0 Å². The third-order valence-electron chi connectivity index (χ3n) is 4.17. The van der Waals surface area contributed by atoms with Crippen LogP contribution in [0.25, 0.3) is 0 Å². The third kappa shape index (κ3) is 2.70. The van der Waals surface area contributed by atoms with Gasteiger partial charge in [-0.3, -0.25) is 10.2 Å². The lowest BCUT2D eigenvalue weighted by Crippen LogP contribution is -2.53. The van der Waals surface area contributed by atoms with Crippen LogP contribution in [0.4, 0.5) is 0 Å². The average molecular weight is 235 g/mol. The third-order valence-corrected chi connectivity index (χ3v) is 4.17. The summed E-state index contributed by atoms with van der Waals surface area (Å²) >= 11 is 0. The van der Waals surface area contributed by atoms with Crippen LogP contribution in [0.15, 0.2) is 4.99 Å². The van der Waals surface area contributed by atoms with E-state index in [9.17, 15) is 0 Å². The first kappa shape index (κ1) is 12.2. The minimum absolute atomic E-state index is 0.597. The lowest BCUT2D eigenvalue weighted by atomic mass is 9.77. The van der Waals surface area contributed by atoms with Gasteiger partial charge in [-0.15, -0.1) is 0 Å². The number of nitrogens with one attached hydrogen (secondary N) is 2. The summed E-state index contributed by atoms with van der Waals surface area (Å²) in [5.41, 5.74) is 0. The molecule has 2 rings (SSSR count). The Hall–Kier alpha value is -1.28. The van der Waals surface area contributed by atoms with E-state index in [4.69, 9.17) is 5.26 Å². The Balaban J connectivity index is 1.94. The molecule has 0 aromatic heterocycles. The Bertz CT molecular complexity index is 332. The molecule has 17 heavy (non-hydrogen) atoms. The number of nitrogens with zero attached hydrogens (tertiary/aromatic N) is 3. The number of aliphatic imine (C=N–C) groups is 1. The molecule has 5 nitrogen and oxygen atoms in total. The first-order valence-electron chi connectivity index (χ1n) is 6.40. The SMILES string of the molecule is CC1CCCC(N2CN=C(NC#N)NC2)C1C. The number of hydrogen-bond donors (Lipinski definition) is 2. The van der Waals surface area contributed by atoms with Gasteiger partial charge in [0.15, 0.2) is 6.19 Å². The predicted octanol–water partition coefficient (Wildman–Crippen LogP) is 1.06. The molecular formula is C12H21N5. The van der Waals surface area contributed by atoms with Crippen LogP contribution in [-0.4, -0.2) is 30.2 Å². The Morgan fingerprint density at radius 3 is 2.94 bits per heavy atom.